The van der Waals surface area contributed by atoms with Gasteiger partial charge in [0.1, 0.15) is 0 Å². The molecule has 2 aromatic carbocycles. The molecule has 1 N–H and O–H groups in total. The smallest absolute Gasteiger partial charge is 0.311 e. The topological polar surface area (TPSA) is 75.7 Å². The number of hydrogen-bond donors (Lipinski definition) is 1. The SMILES string of the molecule is Cc1ccc(C)c(NC(=O)COC(=O)[C@@H]2CC(=O)N(c3cc(Cl)ccc3Cl)C2)c1. The minimum Gasteiger partial charge on any atom is -0.455 e. The molecular formula is C21H20Cl2N2O4. The van der Waals surface area contributed by atoms with Gasteiger partial charge in [0.25, 0.3) is 5.91 Å². The second-order valence-electron chi connectivity index (χ2n) is 6.98. The Morgan fingerprint density at radius 1 is 1.17 bits per heavy atom. The largest absolute Gasteiger partial charge is 0.455 e. The zero-order chi connectivity index (χ0) is 21.1. The number of nitrogens with one attached hydrogen (secondary N) is 1. The van der Waals surface area contributed by atoms with Gasteiger partial charge in [-0.25, -0.2) is 0 Å². The van der Waals surface area contributed by atoms with Crippen LogP contribution in [0.15, 0.2) is 36.4 Å². The van der Waals surface area contributed by atoms with Crippen molar-refractivity contribution in [2.45, 2.75) is 20.3 Å². The average molecular weight is 435 g/mol. The van der Waals surface area contributed by atoms with Crippen molar-refractivity contribution in [2.24, 2.45) is 5.92 Å². The van der Waals surface area contributed by atoms with Gasteiger partial charge in [-0.1, -0.05) is 35.3 Å². The molecule has 1 atom stereocenters. The summed E-state index contributed by atoms with van der Waals surface area (Å²) in [4.78, 5) is 38.2. The van der Waals surface area contributed by atoms with Gasteiger partial charge in [0.2, 0.25) is 5.91 Å². The highest BCUT2D eigenvalue weighted by molar-refractivity contribution is 6.35. The molecule has 1 fully saturated rings. The van der Waals surface area contributed by atoms with Crippen molar-refractivity contribution in [3.8, 4) is 0 Å². The van der Waals surface area contributed by atoms with Crippen LogP contribution in [-0.4, -0.2) is 30.9 Å². The predicted molar refractivity (Wildman–Crippen MR) is 112 cm³/mol. The number of anilines is 2. The maximum absolute atomic E-state index is 12.4. The molecule has 1 aliphatic heterocycles. The summed E-state index contributed by atoms with van der Waals surface area (Å²) in [5, 5.41) is 3.53. The van der Waals surface area contributed by atoms with E-state index >= 15 is 0 Å². The first kappa shape index (κ1) is 21.1. The van der Waals surface area contributed by atoms with Crippen LogP contribution in [0.3, 0.4) is 0 Å². The highest BCUT2D eigenvalue weighted by atomic mass is 35.5. The average Bonchev–Trinajstić information content (AvgIpc) is 3.06. The monoisotopic (exact) mass is 434 g/mol. The molecule has 0 aromatic heterocycles. The summed E-state index contributed by atoms with van der Waals surface area (Å²) in [5.74, 6) is -1.97. The minimum absolute atomic E-state index is 0.0136. The van der Waals surface area contributed by atoms with E-state index in [-0.39, 0.29) is 18.9 Å². The van der Waals surface area contributed by atoms with Crippen molar-refractivity contribution in [2.75, 3.05) is 23.4 Å². The van der Waals surface area contributed by atoms with Crippen LogP contribution in [0.2, 0.25) is 10.0 Å². The molecule has 0 bridgehead atoms. The normalized spacial score (nSPS) is 16.1. The summed E-state index contributed by atoms with van der Waals surface area (Å²) in [5.41, 5.74) is 3.04. The van der Waals surface area contributed by atoms with Crippen LogP contribution in [0.25, 0.3) is 0 Å². The number of hydrogen-bond acceptors (Lipinski definition) is 4. The van der Waals surface area contributed by atoms with Crippen LogP contribution in [-0.2, 0) is 19.1 Å². The Balaban J connectivity index is 1.57. The number of ether oxygens (including phenoxy) is 1. The lowest BCUT2D eigenvalue weighted by atomic mass is 10.1. The Hall–Kier alpha value is -2.57. The van der Waals surface area contributed by atoms with Crippen LogP contribution >= 0.6 is 23.2 Å². The van der Waals surface area contributed by atoms with Gasteiger partial charge in [-0.15, -0.1) is 0 Å². The Morgan fingerprint density at radius 3 is 2.69 bits per heavy atom. The molecule has 3 rings (SSSR count). The van der Waals surface area contributed by atoms with Crippen molar-refractivity contribution in [1.82, 2.24) is 0 Å². The van der Waals surface area contributed by atoms with Gasteiger partial charge in [0.15, 0.2) is 6.61 Å². The molecule has 1 saturated heterocycles. The third kappa shape index (κ3) is 5.08. The highest BCUT2D eigenvalue weighted by Crippen LogP contribution is 2.33. The van der Waals surface area contributed by atoms with Gasteiger partial charge in [-0.2, -0.15) is 0 Å². The van der Waals surface area contributed by atoms with E-state index in [4.69, 9.17) is 27.9 Å². The molecule has 1 heterocycles. The molecule has 0 radical (unpaired) electrons. The summed E-state index contributed by atoms with van der Waals surface area (Å²) in [7, 11) is 0. The van der Waals surface area contributed by atoms with Gasteiger partial charge in [-0.3, -0.25) is 14.4 Å². The Bertz CT molecular complexity index is 977. The first-order chi connectivity index (χ1) is 13.7. The molecule has 2 amide bonds. The lowest BCUT2D eigenvalue weighted by Gasteiger charge is -2.18. The standard InChI is InChI=1S/C21H20Cl2N2O4/c1-12-3-4-13(2)17(7-12)24-19(26)11-29-21(28)14-8-20(27)25(10-14)18-9-15(22)5-6-16(18)23/h3-7,9,14H,8,10-11H2,1-2H3,(H,24,26)/t14-/m1/s1. The van der Waals surface area contributed by atoms with Crippen molar-refractivity contribution in [1.29, 1.82) is 0 Å². The van der Waals surface area contributed by atoms with Crippen LogP contribution in [0.5, 0.6) is 0 Å². The number of amides is 2. The zero-order valence-corrected chi connectivity index (χ0v) is 17.5. The van der Waals surface area contributed by atoms with Gasteiger partial charge in [0.05, 0.1) is 16.6 Å². The fraction of sp³-hybridized carbons (Fsp3) is 0.286. The third-order valence-corrected chi connectivity index (χ3v) is 5.22. The van der Waals surface area contributed by atoms with E-state index in [2.05, 4.69) is 5.32 Å². The number of carbonyl (C=O) groups excluding carboxylic acids is 3. The maximum atomic E-state index is 12.4. The highest BCUT2D eigenvalue weighted by Gasteiger charge is 2.37. The van der Waals surface area contributed by atoms with E-state index in [9.17, 15) is 14.4 Å². The number of aryl methyl sites for hydroxylation is 2. The number of nitrogens with zero attached hydrogens (tertiary/aromatic N) is 1. The second kappa shape index (κ2) is 8.84. The van der Waals surface area contributed by atoms with Crippen LogP contribution < -0.4 is 10.2 Å². The van der Waals surface area contributed by atoms with Crippen LogP contribution in [0.4, 0.5) is 11.4 Å². The van der Waals surface area contributed by atoms with Gasteiger partial charge < -0.3 is 15.0 Å². The minimum atomic E-state index is -0.675. The van der Waals surface area contributed by atoms with Gasteiger partial charge in [-0.05, 0) is 49.2 Å². The Labute approximate surface area is 178 Å². The lowest BCUT2D eigenvalue weighted by molar-refractivity contribution is -0.151. The quantitative estimate of drug-likeness (QED) is 0.717. The van der Waals surface area contributed by atoms with E-state index in [1.165, 1.54) is 4.90 Å². The van der Waals surface area contributed by atoms with E-state index in [1.807, 2.05) is 32.0 Å². The summed E-state index contributed by atoms with van der Waals surface area (Å²) < 4.78 is 5.13. The van der Waals surface area contributed by atoms with Crippen molar-refractivity contribution < 1.29 is 19.1 Å². The van der Waals surface area contributed by atoms with E-state index in [0.29, 0.717) is 21.4 Å². The van der Waals surface area contributed by atoms with E-state index in [1.54, 1.807) is 18.2 Å². The molecule has 8 heteroatoms. The first-order valence-corrected chi connectivity index (χ1v) is 9.79. The molecule has 0 saturated carbocycles. The maximum Gasteiger partial charge on any atom is 0.311 e. The summed E-state index contributed by atoms with van der Waals surface area (Å²) in [6.45, 7) is 3.50. The van der Waals surface area contributed by atoms with Gasteiger partial charge in [0, 0.05) is 23.7 Å². The Kier molecular flexibility index (Phi) is 6.45. The molecular weight excluding hydrogens is 415 g/mol. The molecule has 0 aliphatic carbocycles. The fourth-order valence-corrected chi connectivity index (χ4v) is 3.49. The third-order valence-electron chi connectivity index (χ3n) is 4.67. The number of carbonyl (C=O) groups is 3. The molecule has 2 aromatic rings. The summed E-state index contributed by atoms with van der Waals surface area (Å²) in [6, 6.07) is 10.5. The number of halogens is 2. The van der Waals surface area contributed by atoms with Gasteiger partial charge >= 0.3 is 5.97 Å². The number of esters is 1. The summed E-state index contributed by atoms with van der Waals surface area (Å²) in [6.07, 6.45) is -0.0136. The molecule has 29 heavy (non-hydrogen) atoms. The zero-order valence-electron chi connectivity index (χ0n) is 16.0. The first-order valence-electron chi connectivity index (χ1n) is 9.03. The van der Waals surface area contributed by atoms with Crippen molar-refractivity contribution in [3.63, 3.8) is 0 Å². The molecule has 1 aliphatic rings. The Morgan fingerprint density at radius 2 is 1.93 bits per heavy atom. The van der Waals surface area contributed by atoms with E-state index in [0.717, 1.165) is 11.1 Å². The van der Waals surface area contributed by atoms with E-state index < -0.39 is 24.4 Å². The number of rotatable bonds is 5. The van der Waals surface area contributed by atoms with Crippen LogP contribution in [0, 0.1) is 19.8 Å². The second-order valence-corrected chi connectivity index (χ2v) is 7.82. The predicted octanol–water partition coefficient (Wildman–Crippen LogP) is 4.15. The molecule has 0 spiro atoms. The molecule has 152 valence electrons. The van der Waals surface area contributed by atoms with Crippen LogP contribution in [0.1, 0.15) is 17.5 Å². The molecule has 0 unspecified atom stereocenters. The lowest BCUT2D eigenvalue weighted by Crippen LogP contribution is -2.28. The number of benzene rings is 2. The van der Waals surface area contributed by atoms with Crippen molar-refractivity contribution >= 4 is 52.4 Å². The van der Waals surface area contributed by atoms with Crippen molar-refractivity contribution in [3.05, 3.63) is 57.6 Å². The fourth-order valence-electron chi connectivity index (χ4n) is 3.10. The molecule has 6 nitrogen and oxygen atoms in total. The summed E-state index contributed by atoms with van der Waals surface area (Å²) >= 11 is 12.1.